The lowest BCUT2D eigenvalue weighted by Gasteiger charge is -2.38. The summed E-state index contributed by atoms with van der Waals surface area (Å²) in [5.74, 6) is 0. The van der Waals surface area contributed by atoms with Gasteiger partial charge in [0, 0.05) is 43.8 Å². The normalized spacial score (nSPS) is 22.3. The Morgan fingerprint density at radius 1 is 1.39 bits per heavy atom. The van der Waals surface area contributed by atoms with Crippen LogP contribution < -0.4 is 5.73 Å². The SMILES string of the molecule is CC1CN(C)CCN1Cc1ccc(CN)cc1Cl. The molecule has 0 radical (unpaired) electrons. The van der Waals surface area contributed by atoms with E-state index >= 15 is 0 Å². The Kier molecular flexibility index (Phi) is 4.62. The van der Waals surface area contributed by atoms with Crippen molar-refractivity contribution >= 4 is 11.6 Å². The molecule has 1 aromatic rings. The van der Waals surface area contributed by atoms with E-state index in [1.807, 2.05) is 6.07 Å². The summed E-state index contributed by atoms with van der Waals surface area (Å²) in [7, 11) is 2.18. The fourth-order valence-electron chi connectivity index (χ4n) is 2.48. The third kappa shape index (κ3) is 3.23. The van der Waals surface area contributed by atoms with Gasteiger partial charge in [0.15, 0.2) is 0 Å². The summed E-state index contributed by atoms with van der Waals surface area (Å²) in [5, 5.41) is 0.837. The predicted octanol–water partition coefficient (Wildman–Crippen LogP) is 1.93. The van der Waals surface area contributed by atoms with Crippen molar-refractivity contribution in [2.24, 2.45) is 5.73 Å². The molecular weight excluding hydrogens is 246 g/mol. The second-order valence-electron chi connectivity index (χ2n) is 5.21. The van der Waals surface area contributed by atoms with Gasteiger partial charge >= 0.3 is 0 Å². The molecule has 1 aliphatic rings. The van der Waals surface area contributed by atoms with Gasteiger partial charge in [-0.15, -0.1) is 0 Å². The van der Waals surface area contributed by atoms with Crippen molar-refractivity contribution in [3.05, 3.63) is 34.3 Å². The molecule has 18 heavy (non-hydrogen) atoms. The molecule has 2 rings (SSSR count). The number of benzene rings is 1. The minimum atomic E-state index is 0.547. The van der Waals surface area contributed by atoms with Crippen molar-refractivity contribution in [2.45, 2.75) is 26.1 Å². The Morgan fingerprint density at radius 2 is 2.17 bits per heavy atom. The van der Waals surface area contributed by atoms with Gasteiger partial charge in [-0.2, -0.15) is 0 Å². The fraction of sp³-hybridized carbons (Fsp3) is 0.571. The van der Waals surface area contributed by atoms with Gasteiger partial charge in [-0.3, -0.25) is 4.90 Å². The van der Waals surface area contributed by atoms with E-state index in [2.05, 4.69) is 35.9 Å². The third-order valence-corrected chi connectivity index (χ3v) is 4.05. The first-order valence-corrected chi connectivity index (χ1v) is 6.88. The van der Waals surface area contributed by atoms with E-state index < -0.39 is 0 Å². The molecule has 0 spiro atoms. The van der Waals surface area contributed by atoms with Gasteiger partial charge in [-0.05, 0) is 31.2 Å². The van der Waals surface area contributed by atoms with Crippen LogP contribution in [0.5, 0.6) is 0 Å². The number of hydrogen-bond donors (Lipinski definition) is 1. The predicted molar refractivity (Wildman–Crippen MR) is 76.7 cm³/mol. The first-order chi connectivity index (χ1) is 8.60. The van der Waals surface area contributed by atoms with E-state index in [4.69, 9.17) is 17.3 Å². The lowest BCUT2D eigenvalue weighted by atomic mass is 10.1. The van der Waals surface area contributed by atoms with Gasteiger partial charge < -0.3 is 10.6 Å². The van der Waals surface area contributed by atoms with Gasteiger partial charge in [0.05, 0.1) is 0 Å². The lowest BCUT2D eigenvalue weighted by Crippen LogP contribution is -2.49. The van der Waals surface area contributed by atoms with Crippen LogP contribution in [0.4, 0.5) is 0 Å². The van der Waals surface area contributed by atoms with Crippen molar-refractivity contribution in [1.82, 2.24) is 9.80 Å². The number of nitrogens with zero attached hydrogens (tertiary/aromatic N) is 2. The molecule has 1 aliphatic heterocycles. The zero-order valence-corrected chi connectivity index (χ0v) is 12.0. The number of halogens is 1. The zero-order chi connectivity index (χ0) is 13.1. The van der Waals surface area contributed by atoms with Crippen LogP contribution in [0, 0.1) is 0 Å². The van der Waals surface area contributed by atoms with Crippen LogP contribution in [-0.2, 0) is 13.1 Å². The summed E-state index contributed by atoms with van der Waals surface area (Å²) in [6.45, 7) is 7.11. The van der Waals surface area contributed by atoms with Crippen LogP contribution in [0.25, 0.3) is 0 Å². The summed E-state index contributed by atoms with van der Waals surface area (Å²) in [6.07, 6.45) is 0. The summed E-state index contributed by atoms with van der Waals surface area (Å²) in [6, 6.07) is 6.74. The Labute approximate surface area is 115 Å². The monoisotopic (exact) mass is 267 g/mol. The Bertz CT molecular complexity index is 408. The molecule has 1 aromatic carbocycles. The lowest BCUT2D eigenvalue weighted by molar-refractivity contribution is 0.0938. The minimum absolute atomic E-state index is 0.547. The first kappa shape index (κ1) is 13.8. The number of likely N-dealkylation sites (N-methyl/N-ethyl adjacent to an activating group) is 1. The zero-order valence-electron chi connectivity index (χ0n) is 11.2. The molecule has 1 saturated heterocycles. The Hall–Kier alpha value is -0.610. The summed E-state index contributed by atoms with van der Waals surface area (Å²) < 4.78 is 0. The molecule has 0 amide bonds. The van der Waals surface area contributed by atoms with Gasteiger partial charge in [0.1, 0.15) is 0 Å². The second kappa shape index (κ2) is 6.02. The quantitative estimate of drug-likeness (QED) is 0.909. The first-order valence-electron chi connectivity index (χ1n) is 6.50. The highest BCUT2D eigenvalue weighted by Gasteiger charge is 2.21. The van der Waals surface area contributed by atoms with E-state index in [0.717, 1.165) is 36.8 Å². The van der Waals surface area contributed by atoms with Crippen LogP contribution in [-0.4, -0.2) is 42.5 Å². The molecule has 1 fully saturated rings. The Balaban J connectivity index is 2.05. The van der Waals surface area contributed by atoms with Crippen LogP contribution in [0.3, 0.4) is 0 Å². The largest absolute Gasteiger partial charge is 0.326 e. The maximum absolute atomic E-state index is 6.31. The third-order valence-electron chi connectivity index (χ3n) is 3.69. The molecule has 1 unspecified atom stereocenters. The standard InChI is InChI=1S/C14H22ClN3/c1-11-9-17(2)5-6-18(11)10-13-4-3-12(8-16)7-14(13)15/h3-4,7,11H,5-6,8-10,16H2,1-2H3. The van der Waals surface area contributed by atoms with E-state index in [0.29, 0.717) is 12.6 Å². The molecule has 2 N–H and O–H groups in total. The van der Waals surface area contributed by atoms with Gasteiger partial charge in [-0.1, -0.05) is 23.7 Å². The molecule has 0 aromatic heterocycles. The maximum Gasteiger partial charge on any atom is 0.0454 e. The highest BCUT2D eigenvalue weighted by molar-refractivity contribution is 6.31. The number of piperazine rings is 1. The number of rotatable bonds is 3. The number of nitrogens with two attached hydrogens (primary N) is 1. The van der Waals surface area contributed by atoms with Crippen molar-refractivity contribution in [3.63, 3.8) is 0 Å². The van der Waals surface area contributed by atoms with E-state index in [1.165, 1.54) is 5.56 Å². The Morgan fingerprint density at radius 3 is 2.78 bits per heavy atom. The van der Waals surface area contributed by atoms with Crippen molar-refractivity contribution in [1.29, 1.82) is 0 Å². The highest BCUT2D eigenvalue weighted by atomic mass is 35.5. The van der Waals surface area contributed by atoms with E-state index in [1.54, 1.807) is 0 Å². The smallest absolute Gasteiger partial charge is 0.0454 e. The average molecular weight is 268 g/mol. The van der Waals surface area contributed by atoms with Crippen molar-refractivity contribution in [2.75, 3.05) is 26.7 Å². The highest BCUT2D eigenvalue weighted by Crippen LogP contribution is 2.21. The molecule has 4 heteroatoms. The van der Waals surface area contributed by atoms with Crippen LogP contribution in [0.2, 0.25) is 5.02 Å². The van der Waals surface area contributed by atoms with Crippen LogP contribution >= 0.6 is 11.6 Å². The molecule has 100 valence electrons. The summed E-state index contributed by atoms with van der Waals surface area (Å²) >= 11 is 6.31. The van der Waals surface area contributed by atoms with Gasteiger partial charge in [0.25, 0.3) is 0 Å². The van der Waals surface area contributed by atoms with Crippen LogP contribution in [0.1, 0.15) is 18.1 Å². The minimum Gasteiger partial charge on any atom is -0.326 e. The second-order valence-corrected chi connectivity index (χ2v) is 5.62. The summed E-state index contributed by atoms with van der Waals surface area (Å²) in [4.78, 5) is 4.86. The number of hydrogen-bond acceptors (Lipinski definition) is 3. The topological polar surface area (TPSA) is 32.5 Å². The van der Waals surface area contributed by atoms with Crippen molar-refractivity contribution < 1.29 is 0 Å². The molecule has 1 atom stereocenters. The molecule has 0 saturated carbocycles. The molecule has 3 nitrogen and oxygen atoms in total. The van der Waals surface area contributed by atoms with Crippen molar-refractivity contribution in [3.8, 4) is 0 Å². The maximum atomic E-state index is 6.31. The molecule has 0 aliphatic carbocycles. The fourth-order valence-corrected chi connectivity index (χ4v) is 2.74. The van der Waals surface area contributed by atoms with Gasteiger partial charge in [0.2, 0.25) is 0 Å². The summed E-state index contributed by atoms with van der Waals surface area (Å²) in [5.41, 5.74) is 7.91. The van der Waals surface area contributed by atoms with Gasteiger partial charge in [-0.25, -0.2) is 0 Å². The van der Waals surface area contributed by atoms with Crippen LogP contribution in [0.15, 0.2) is 18.2 Å². The molecular formula is C14H22ClN3. The van der Waals surface area contributed by atoms with E-state index in [-0.39, 0.29) is 0 Å². The molecule has 0 bridgehead atoms. The molecule has 1 heterocycles. The van der Waals surface area contributed by atoms with E-state index in [9.17, 15) is 0 Å². The average Bonchev–Trinajstić information content (AvgIpc) is 2.34.